The predicted molar refractivity (Wildman–Crippen MR) is 559 cm³/mol. The van der Waals surface area contributed by atoms with Gasteiger partial charge in [0.25, 0.3) is 0 Å². The van der Waals surface area contributed by atoms with Gasteiger partial charge in [0.2, 0.25) is 0 Å². The van der Waals surface area contributed by atoms with E-state index in [9.17, 15) is 0 Å². The van der Waals surface area contributed by atoms with Crippen molar-refractivity contribution in [3.8, 4) is 135 Å². The lowest BCUT2D eigenvalue weighted by Gasteiger charge is -2.10. The Hall–Kier alpha value is -17.7. The average Bonchev–Trinajstić information content (AvgIpc) is 1.65. The van der Waals surface area contributed by atoms with Crippen molar-refractivity contribution in [2.75, 3.05) is 5.73 Å². The van der Waals surface area contributed by atoms with E-state index in [1.165, 1.54) is 16.2 Å². The van der Waals surface area contributed by atoms with Gasteiger partial charge in [0.05, 0.1) is 89.4 Å². The predicted octanol–water partition coefficient (Wildman–Crippen LogP) is 28.3. The van der Waals surface area contributed by atoms with Crippen molar-refractivity contribution >= 4 is 77.1 Å². The Morgan fingerprint density at radius 3 is 0.993 bits per heavy atom. The summed E-state index contributed by atoms with van der Waals surface area (Å²) in [5.41, 5.74) is 34.4. The van der Waals surface area contributed by atoms with Crippen molar-refractivity contribution in [2.24, 2.45) is 0 Å². The van der Waals surface area contributed by atoms with Gasteiger partial charge in [-0.2, -0.15) is 0 Å². The standard InChI is InChI=1S/4C25H21N3O.C19H15N3/c1-17(2)29-23-7-5-18(6-8-23)20-10-12-28-24(16-27-25(28)14-20)21-3-4-22-15-26-11-9-19(22)13-21;1-17(2)29-23-7-5-18(6-8-23)20-10-12-28-24(16-27-25(28)14-20)21-4-3-19-9-11-26-15-22(19)13-21;1-17(2)29-22-9-7-18(8-10-22)19-11-12-28-24(16-27-25(28)14-19)21-13-20-5-3-4-6-23(20)26-15-21;1-17(2)29-21-9-7-18(8-10-21)19-11-12-28-24(16-27-25(28)13-19)23-15-26-14-20-5-3-4-6-22(20)23;20-17-8-6-14(7-9-17)16-10-11-22-18(13-21-19(22)12-16)15-4-2-1-3-5-15/h4*3-17H,1-2H3;1-13H,20H2. The summed E-state index contributed by atoms with van der Waals surface area (Å²) >= 11 is 0. The van der Waals surface area contributed by atoms with Crippen LogP contribution in [0, 0.1) is 0 Å². The lowest BCUT2D eigenvalue weighted by Crippen LogP contribution is -2.05. The fourth-order valence-electron chi connectivity index (χ4n) is 17.2. The molecule has 674 valence electrons. The Kier molecular flexibility index (Phi) is 25.3. The van der Waals surface area contributed by atoms with Crippen LogP contribution in [0.15, 0.2) is 421 Å². The zero-order chi connectivity index (χ0) is 94.1. The van der Waals surface area contributed by atoms with Gasteiger partial charge in [-0.25, -0.2) is 24.9 Å². The van der Waals surface area contributed by atoms with Crippen LogP contribution in [-0.2, 0) is 0 Å². The maximum Gasteiger partial charge on any atom is 0.137 e. The molecule has 14 heterocycles. The highest BCUT2D eigenvalue weighted by molar-refractivity contribution is 5.96. The van der Waals surface area contributed by atoms with Crippen LogP contribution >= 0.6 is 0 Å². The number of para-hydroxylation sites is 1. The molecule has 19 heteroatoms. The Morgan fingerprint density at radius 1 is 0.217 bits per heavy atom. The van der Waals surface area contributed by atoms with E-state index < -0.39 is 0 Å². The van der Waals surface area contributed by atoms with E-state index >= 15 is 0 Å². The van der Waals surface area contributed by atoms with Gasteiger partial charge in [-0.15, -0.1) is 0 Å². The van der Waals surface area contributed by atoms with Crippen molar-refractivity contribution in [3.63, 3.8) is 0 Å². The molecule has 0 bridgehead atoms. The zero-order valence-corrected chi connectivity index (χ0v) is 77.6. The van der Waals surface area contributed by atoms with Gasteiger partial charge in [0.1, 0.15) is 51.2 Å². The molecule has 10 aromatic carbocycles. The van der Waals surface area contributed by atoms with E-state index in [4.69, 9.17) is 24.7 Å². The minimum Gasteiger partial charge on any atom is -0.491 e. The smallest absolute Gasteiger partial charge is 0.137 e. The fourth-order valence-corrected chi connectivity index (χ4v) is 17.2. The van der Waals surface area contributed by atoms with Gasteiger partial charge in [-0.05, 0) is 285 Å². The third-order valence-corrected chi connectivity index (χ3v) is 23.8. The number of ether oxygens (including phenoxy) is 4. The van der Waals surface area contributed by atoms with Crippen LogP contribution < -0.4 is 24.7 Å². The summed E-state index contributed by atoms with van der Waals surface area (Å²) in [7, 11) is 0. The first-order valence-corrected chi connectivity index (χ1v) is 46.2. The highest BCUT2D eigenvalue weighted by Crippen LogP contribution is 2.37. The lowest BCUT2D eigenvalue weighted by molar-refractivity contribution is 0.242. The number of benzene rings is 10. The lowest BCUT2D eigenvalue weighted by atomic mass is 10.1. The van der Waals surface area contributed by atoms with Crippen LogP contribution in [0.1, 0.15) is 55.4 Å². The van der Waals surface area contributed by atoms with E-state index in [0.717, 1.165) is 196 Å². The van der Waals surface area contributed by atoms with Crippen molar-refractivity contribution < 1.29 is 18.9 Å². The van der Waals surface area contributed by atoms with Crippen molar-refractivity contribution in [1.29, 1.82) is 0 Å². The number of anilines is 1. The summed E-state index contributed by atoms with van der Waals surface area (Å²) in [6.45, 7) is 16.2. The molecule has 14 aromatic heterocycles. The molecule has 19 nitrogen and oxygen atoms in total. The summed E-state index contributed by atoms with van der Waals surface area (Å²) in [6.07, 6.45) is 33.8. The number of hydrogen-bond donors (Lipinski definition) is 1. The topological polar surface area (TPSA) is 201 Å². The normalized spacial score (nSPS) is 11.3. The van der Waals surface area contributed by atoms with Crippen molar-refractivity contribution in [1.82, 2.24) is 66.9 Å². The fraction of sp³-hybridized carbons (Fsp3) is 0.101. The second-order valence-corrected chi connectivity index (χ2v) is 34.9. The Balaban J connectivity index is 0.000000107. The summed E-state index contributed by atoms with van der Waals surface area (Å²) < 4.78 is 33.5. The Morgan fingerprint density at radius 2 is 0.551 bits per heavy atom. The molecule has 0 unspecified atom stereocenters. The average molecular weight is 1800 g/mol. The van der Waals surface area contributed by atoms with Gasteiger partial charge in [0.15, 0.2) is 0 Å². The summed E-state index contributed by atoms with van der Waals surface area (Å²) in [5, 5.41) is 8.05. The van der Waals surface area contributed by atoms with Gasteiger partial charge in [-0.3, -0.25) is 41.9 Å². The molecule has 0 saturated heterocycles. The molecule has 24 aromatic rings. The molecule has 0 fully saturated rings. The maximum absolute atomic E-state index is 5.75. The van der Waals surface area contributed by atoms with E-state index in [2.05, 4.69) is 286 Å². The number of hydrogen-bond acceptors (Lipinski definition) is 14. The SMILES string of the molecule is CC(C)Oc1ccc(-c2ccn3c(-c4ccc5ccncc5c4)cnc3c2)cc1.CC(C)Oc1ccc(-c2ccn3c(-c4ccc5cnccc5c4)cnc3c2)cc1.CC(C)Oc1ccc(-c2ccn3c(-c4cnc5ccccc5c4)cnc3c2)cc1.CC(C)Oc1ccc(-c2ccn3c(-c4cncc5ccccc45)cnc3c2)cc1.Nc1ccc(-c2ccn3c(-c4ccccc4)cnc3c2)cc1. The number of rotatable bonds is 18. The number of aromatic nitrogens is 14. The number of nitrogen functional groups attached to an aromatic ring is 1. The largest absolute Gasteiger partial charge is 0.491 e. The Bertz CT molecular complexity index is 7910. The molecule has 0 atom stereocenters. The molecular formula is C119H99N15O4. The van der Waals surface area contributed by atoms with Gasteiger partial charge in [0, 0.05) is 129 Å². The second kappa shape index (κ2) is 39.6. The van der Waals surface area contributed by atoms with E-state index in [-0.39, 0.29) is 24.4 Å². The molecule has 0 amide bonds. The summed E-state index contributed by atoms with van der Waals surface area (Å²) in [4.78, 5) is 40.5. The molecular weight excluding hydrogens is 1700 g/mol. The van der Waals surface area contributed by atoms with E-state index in [1.807, 2.05) is 257 Å². The third kappa shape index (κ3) is 19.7. The molecule has 0 saturated carbocycles. The minimum atomic E-state index is 0.170. The molecule has 0 aliphatic rings. The first-order valence-electron chi connectivity index (χ1n) is 46.2. The highest BCUT2D eigenvalue weighted by atomic mass is 16.5. The first-order chi connectivity index (χ1) is 67.5. The third-order valence-electron chi connectivity index (χ3n) is 23.8. The number of fused-ring (bicyclic) bond motifs is 9. The van der Waals surface area contributed by atoms with Crippen LogP contribution in [0.5, 0.6) is 23.0 Å². The van der Waals surface area contributed by atoms with E-state index in [0.29, 0.717) is 0 Å². The number of nitrogens with two attached hydrogens (primary N) is 1. The molecule has 0 aliphatic heterocycles. The van der Waals surface area contributed by atoms with Crippen molar-refractivity contribution in [2.45, 2.75) is 79.8 Å². The highest BCUT2D eigenvalue weighted by Gasteiger charge is 2.18. The molecule has 0 spiro atoms. The van der Waals surface area contributed by atoms with Crippen LogP contribution in [0.3, 0.4) is 0 Å². The summed E-state index contributed by atoms with van der Waals surface area (Å²) in [6, 6.07) is 108. The molecule has 0 aliphatic carbocycles. The van der Waals surface area contributed by atoms with Crippen LogP contribution in [-0.4, -0.2) is 91.3 Å². The van der Waals surface area contributed by atoms with E-state index in [1.54, 1.807) is 0 Å². The first kappa shape index (κ1) is 88.2. The Labute approximate surface area is 799 Å². The van der Waals surface area contributed by atoms with Crippen LogP contribution in [0.25, 0.3) is 183 Å². The maximum atomic E-state index is 5.75. The van der Waals surface area contributed by atoms with Gasteiger partial charge < -0.3 is 24.7 Å². The second-order valence-electron chi connectivity index (χ2n) is 34.9. The quantitative estimate of drug-likeness (QED) is 0.0795. The number of nitrogens with zero attached hydrogens (tertiary/aromatic N) is 14. The van der Waals surface area contributed by atoms with Crippen LogP contribution in [0.2, 0.25) is 0 Å². The number of pyridine rings is 9. The van der Waals surface area contributed by atoms with Crippen LogP contribution in [0.4, 0.5) is 5.69 Å². The number of imidazole rings is 5. The molecule has 2 N–H and O–H groups in total. The van der Waals surface area contributed by atoms with Gasteiger partial charge >= 0.3 is 0 Å². The molecule has 138 heavy (non-hydrogen) atoms. The molecule has 24 rings (SSSR count). The summed E-state index contributed by atoms with van der Waals surface area (Å²) in [5.74, 6) is 3.55. The monoisotopic (exact) mass is 1800 g/mol. The minimum absolute atomic E-state index is 0.170. The van der Waals surface area contributed by atoms with Gasteiger partial charge in [-0.1, -0.05) is 158 Å². The molecule has 0 radical (unpaired) electrons. The zero-order valence-electron chi connectivity index (χ0n) is 77.6. The van der Waals surface area contributed by atoms with Crippen molar-refractivity contribution in [3.05, 3.63) is 421 Å².